The van der Waals surface area contributed by atoms with Crippen LogP contribution in [0.5, 0.6) is 0 Å². The summed E-state index contributed by atoms with van der Waals surface area (Å²) in [7, 11) is 2.05. The molecule has 0 aliphatic heterocycles. The number of aromatic nitrogens is 1. The minimum atomic E-state index is 0.0455. The highest BCUT2D eigenvalue weighted by molar-refractivity contribution is 6.30. The van der Waals surface area contributed by atoms with Crippen LogP contribution in [0.4, 0.5) is 0 Å². The van der Waals surface area contributed by atoms with E-state index in [2.05, 4.69) is 24.0 Å². The number of hydrogen-bond acceptors (Lipinski definition) is 4. The van der Waals surface area contributed by atoms with Crippen molar-refractivity contribution in [1.29, 1.82) is 0 Å². The summed E-state index contributed by atoms with van der Waals surface area (Å²) in [6.45, 7) is 4.69. The van der Waals surface area contributed by atoms with Gasteiger partial charge in [-0.15, -0.1) is 0 Å². The van der Waals surface area contributed by atoms with Crippen LogP contribution >= 0.6 is 11.6 Å². The van der Waals surface area contributed by atoms with Gasteiger partial charge in [-0.3, -0.25) is 4.90 Å². The van der Waals surface area contributed by atoms with E-state index in [1.54, 1.807) is 0 Å². The van der Waals surface area contributed by atoms with Crippen molar-refractivity contribution in [2.24, 2.45) is 5.73 Å². The summed E-state index contributed by atoms with van der Waals surface area (Å²) in [5, 5.41) is 4.79. The van der Waals surface area contributed by atoms with Crippen molar-refractivity contribution in [3.63, 3.8) is 0 Å². The third-order valence-electron chi connectivity index (χ3n) is 3.65. The van der Waals surface area contributed by atoms with Gasteiger partial charge in [-0.25, -0.2) is 0 Å². The van der Waals surface area contributed by atoms with Crippen molar-refractivity contribution in [3.05, 3.63) is 52.4 Å². The monoisotopic (exact) mass is 307 g/mol. The van der Waals surface area contributed by atoms with Gasteiger partial charge in [-0.05, 0) is 38.1 Å². The second-order valence-corrected chi connectivity index (χ2v) is 5.85. The van der Waals surface area contributed by atoms with Crippen molar-refractivity contribution in [2.45, 2.75) is 38.9 Å². The summed E-state index contributed by atoms with van der Waals surface area (Å²) < 4.78 is 5.13. The van der Waals surface area contributed by atoms with Gasteiger partial charge in [-0.1, -0.05) is 35.8 Å². The van der Waals surface area contributed by atoms with Crippen LogP contribution in [-0.2, 0) is 6.54 Å². The molecule has 5 heteroatoms. The van der Waals surface area contributed by atoms with Gasteiger partial charge in [0.1, 0.15) is 5.76 Å². The van der Waals surface area contributed by atoms with E-state index in [0.29, 0.717) is 6.54 Å². The third-order valence-corrected chi connectivity index (χ3v) is 3.90. The maximum absolute atomic E-state index is 6.33. The topological polar surface area (TPSA) is 55.3 Å². The average Bonchev–Trinajstić information content (AvgIpc) is 2.86. The van der Waals surface area contributed by atoms with E-state index in [-0.39, 0.29) is 12.1 Å². The van der Waals surface area contributed by atoms with E-state index in [1.807, 2.05) is 37.3 Å². The van der Waals surface area contributed by atoms with Crippen LogP contribution in [0.25, 0.3) is 0 Å². The Hall–Kier alpha value is -1.36. The van der Waals surface area contributed by atoms with Gasteiger partial charge in [0.2, 0.25) is 0 Å². The van der Waals surface area contributed by atoms with E-state index in [9.17, 15) is 0 Å². The molecule has 2 unspecified atom stereocenters. The number of halogens is 1. The molecule has 2 N–H and O–H groups in total. The van der Waals surface area contributed by atoms with Crippen LogP contribution in [-0.4, -0.2) is 23.1 Å². The lowest BCUT2D eigenvalue weighted by Crippen LogP contribution is -2.38. The van der Waals surface area contributed by atoms with E-state index in [1.165, 1.54) is 0 Å². The first-order valence-electron chi connectivity index (χ1n) is 7.14. The van der Waals surface area contributed by atoms with Crippen LogP contribution in [0.15, 0.2) is 34.9 Å². The van der Waals surface area contributed by atoms with E-state index in [0.717, 1.165) is 28.5 Å². The Kier molecular flexibility index (Phi) is 5.39. The minimum Gasteiger partial charge on any atom is -0.361 e. The summed E-state index contributed by atoms with van der Waals surface area (Å²) in [5.74, 6) is 0.821. The number of aryl methyl sites for hydroxylation is 1. The molecule has 0 saturated carbocycles. The number of nitrogens with two attached hydrogens (primary N) is 1. The quantitative estimate of drug-likeness (QED) is 0.886. The fourth-order valence-corrected chi connectivity index (χ4v) is 2.68. The molecule has 2 rings (SSSR count). The lowest BCUT2D eigenvalue weighted by atomic mass is 9.96. The van der Waals surface area contributed by atoms with Gasteiger partial charge < -0.3 is 10.3 Å². The summed E-state index contributed by atoms with van der Waals surface area (Å²) in [5.41, 5.74) is 8.41. The molecule has 1 aromatic heterocycles. The SMILES string of the molecule is CCC(N)C(c1ccc(Cl)cc1)N(C)Cc1cc(C)on1. The molecule has 2 aromatic rings. The van der Waals surface area contributed by atoms with Crippen molar-refractivity contribution in [2.75, 3.05) is 7.05 Å². The molecule has 0 aliphatic carbocycles. The van der Waals surface area contributed by atoms with Gasteiger partial charge in [0.15, 0.2) is 0 Å². The highest BCUT2D eigenvalue weighted by Gasteiger charge is 2.23. The Bertz CT molecular complexity index is 567. The normalized spacial score (nSPS) is 14.4. The van der Waals surface area contributed by atoms with Gasteiger partial charge in [-0.2, -0.15) is 0 Å². The lowest BCUT2D eigenvalue weighted by Gasteiger charge is -2.32. The maximum atomic E-state index is 6.33. The molecule has 114 valence electrons. The Labute approximate surface area is 130 Å². The average molecular weight is 308 g/mol. The number of benzene rings is 1. The molecule has 0 saturated heterocycles. The molecule has 0 radical (unpaired) electrons. The molecule has 1 heterocycles. The highest BCUT2D eigenvalue weighted by atomic mass is 35.5. The predicted molar refractivity (Wildman–Crippen MR) is 85.2 cm³/mol. The number of rotatable bonds is 6. The number of likely N-dealkylation sites (N-methyl/N-ethyl adjacent to an activating group) is 1. The Balaban J connectivity index is 2.20. The Morgan fingerprint density at radius 1 is 1.33 bits per heavy atom. The van der Waals surface area contributed by atoms with Crippen molar-refractivity contribution in [1.82, 2.24) is 10.1 Å². The largest absolute Gasteiger partial charge is 0.361 e. The molecule has 0 aliphatic rings. The van der Waals surface area contributed by atoms with Crippen LogP contribution in [0.3, 0.4) is 0 Å². The molecule has 0 bridgehead atoms. The molecule has 2 atom stereocenters. The number of hydrogen-bond donors (Lipinski definition) is 1. The first-order chi connectivity index (χ1) is 10.0. The van der Waals surface area contributed by atoms with Crippen LogP contribution in [0, 0.1) is 6.92 Å². The fraction of sp³-hybridized carbons (Fsp3) is 0.438. The highest BCUT2D eigenvalue weighted by Crippen LogP contribution is 2.26. The summed E-state index contributed by atoms with van der Waals surface area (Å²) >= 11 is 5.97. The standard InChI is InChI=1S/C16H22ClN3O/c1-4-15(18)16(12-5-7-13(17)8-6-12)20(3)10-14-9-11(2)21-19-14/h5-9,15-16H,4,10,18H2,1-3H3. The molecule has 1 aromatic carbocycles. The Morgan fingerprint density at radius 2 is 2.00 bits per heavy atom. The first kappa shape index (κ1) is 16.0. The smallest absolute Gasteiger partial charge is 0.133 e. The zero-order chi connectivity index (χ0) is 15.4. The molecule has 0 fully saturated rings. The van der Waals surface area contributed by atoms with E-state index in [4.69, 9.17) is 21.9 Å². The summed E-state index contributed by atoms with van der Waals surface area (Å²) in [4.78, 5) is 2.20. The van der Waals surface area contributed by atoms with Gasteiger partial charge >= 0.3 is 0 Å². The van der Waals surface area contributed by atoms with Gasteiger partial charge in [0, 0.05) is 29.7 Å². The second kappa shape index (κ2) is 7.07. The second-order valence-electron chi connectivity index (χ2n) is 5.41. The Morgan fingerprint density at radius 3 is 2.52 bits per heavy atom. The van der Waals surface area contributed by atoms with Crippen LogP contribution in [0.2, 0.25) is 5.02 Å². The number of nitrogens with zero attached hydrogens (tertiary/aromatic N) is 2. The van der Waals surface area contributed by atoms with E-state index >= 15 is 0 Å². The zero-order valence-corrected chi connectivity index (χ0v) is 13.5. The van der Waals surface area contributed by atoms with Gasteiger partial charge in [0.25, 0.3) is 0 Å². The van der Waals surface area contributed by atoms with Gasteiger partial charge in [0.05, 0.1) is 5.69 Å². The predicted octanol–water partition coefficient (Wildman–Crippen LogP) is 3.55. The van der Waals surface area contributed by atoms with Crippen LogP contribution < -0.4 is 5.73 Å². The van der Waals surface area contributed by atoms with Crippen LogP contribution in [0.1, 0.15) is 36.4 Å². The third kappa shape index (κ3) is 4.06. The van der Waals surface area contributed by atoms with Crippen molar-refractivity contribution < 1.29 is 4.52 Å². The fourth-order valence-electron chi connectivity index (χ4n) is 2.56. The minimum absolute atomic E-state index is 0.0455. The first-order valence-corrected chi connectivity index (χ1v) is 7.52. The van der Waals surface area contributed by atoms with Crippen molar-refractivity contribution >= 4 is 11.6 Å². The molecule has 4 nitrogen and oxygen atoms in total. The summed E-state index contributed by atoms with van der Waals surface area (Å²) in [6.07, 6.45) is 0.898. The lowest BCUT2D eigenvalue weighted by molar-refractivity contribution is 0.196. The molecule has 21 heavy (non-hydrogen) atoms. The summed E-state index contributed by atoms with van der Waals surface area (Å²) in [6, 6.07) is 9.99. The van der Waals surface area contributed by atoms with E-state index < -0.39 is 0 Å². The maximum Gasteiger partial charge on any atom is 0.133 e. The molecule has 0 spiro atoms. The van der Waals surface area contributed by atoms with Crippen molar-refractivity contribution in [3.8, 4) is 0 Å². The molecular formula is C16H22ClN3O. The zero-order valence-electron chi connectivity index (χ0n) is 12.7. The molecular weight excluding hydrogens is 286 g/mol. The molecule has 0 amide bonds.